The first kappa shape index (κ1) is 22.6. The summed E-state index contributed by atoms with van der Waals surface area (Å²) in [6, 6.07) is 0. The quantitative estimate of drug-likeness (QED) is 0.293. The Morgan fingerprint density at radius 3 is 1.76 bits per heavy atom. The number of unbranched alkanes of at least 4 members (excludes halogenated alkanes) is 5. The van der Waals surface area contributed by atoms with Crippen LogP contribution in [0.1, 0.15) is 71.1 Å². The van der Waals surface area contributed by atoms with Crippen molar-refractivity contribution in [3.63, 3.8) is 0 Å². The van der Waals surface area contributed by atoms with Crippen LogP contribution in [0.5, 0.6) is 0 Å². The molecule has 0 atom stereocenters. The fourth-order valence-electron chi connectivity index (χ4n) is 1.83. The van der Waals surface area contributed by atoms with Crippen molar-refractivity contribution in [3.05, 3.63) is 36.5 Å². The van der Waals surface area contributed by atoms with Crippen molar-refractivity contribution >= 4 is 24.8 Å². The zero-order valence-electron chi connectivity index (χ0n) is 12.9. The molecule has 0 radical (unpaired) electrons. The number of hydrogen-bond donors (Lipinski definition) is 1. The standard InChI is InChI=1S/C18H30O2.Li.H/c1-2-3-4-5-6-7-8-9-10-11-12-13-14-15-16-17-18(19)20;;/h6-7,9-10,12-13H,2-5,8,11,14-17H2,1H3,(H,19,20);;/b7-6-,10-9-,13-12-;;. The normalized spacial score (nSPS) is 11.5. The number of carboxylic acid groups (broad SMARTS) is 1. The molecule has 0 spiro atoms. The third-order valence-electron chi connectivity index (χ3n) is 3.03. The summed E-state index contributed by atoms with van der Waals surface area (Å²) >= 11 is 0. The molecule has 0 amide bonds. The van der Waals surface area contributed by atoms with Gasteiger partial charge in [-0.2, -0.15) is 0 Å². The van der Waals surface area contributed by atoms with Gasteiger partial charge in [-0.3, -0.25) is 4.79 Å². The van der Waals surface area contributed by atoms with Crippen LogP contribution in [0.15, 0.2) is 36.5 Å². The molecule has 0 bridgehead atoms. The topological polar surface area (TPSA) is 37.3 Å². The molecule has 0 saturated carbocycles. The van der Waals surface area contributed by atoms with Crippen molar-refractivity contribution in [1.82, 2.24) is 0 Å². The van der Waals surface area contributed by atoms with Gasteiger partial charge >= 0.3 is 24.8 Å². The van der Waals surface area contributed by atoms with Crippen LogP contribution in [0.4, 0.5) is 0 Å². The Hall–Kier alpha value is -0.713. The first-order chi connectivity index (χ1) is 9.77. The van der Waals surface area contributed by atoms with E-state index in [1.165, 1.54) is 25.7 Å². The van der Waals surface area contributed by atoms with E-state index >= 15 is 0 Å². The van der Waals surface area contributed by atoms with Crippen LogP contribution >= 0.6 is 0 Å². The van der Waals surface area contributed by atoms with Crippen LogP contribution in [0.2, 0.25) is 0 Å². The Labute approximate surface area is 142 Å². The van der Waals surface area contributed by atoms with E-state index in [4.69, 9.17) is 5.11 Å². The van der Waals surface area contributed by atoms with E-state index in [1.807, 2.05) is 0 Å². The van der Waals surface area contributed by atoms with Crippen LogP contribution in [0.25, 0.3) is 0 Å². The van der Waals surface area contributed by atoms with Gasteiger partial charge in [0.15, 0.2) is 0 Å². The Morgan fingerprint density at radius 2 is 1.29 bits per heavy atom. The van der Waals surface area contributed by atoms with Crippen molar-refractivity contribution in [2.24, 2.45) is 0 Å². The van der Waals surface area contributed by atoms with Gasteiger partial charge in [0.1, 0.15) is 0 Å². The van der Waals surface area contributed by atoms with Crippen LogP contribution in [0, 0.1) is 0 Å². The van der Waals surface area contributed by atoms with E-state index in [0.29, 0.717) is 6.42 Å². The van der Waals surface area contributed by atoms with Crippen LogP contribution < -0.4 is 0 Å². The predicted octanol–water partition coefficient (Wildman–Crippen LogP) is 5.01. The first-order valence-electron chi connectivity index (χ1n) is 7.94. The summed E-state index contributed by atoms with van der Waals surface area (Å²) in [5, 5.41) is 8.48. The van der Waals surface area contributed by atoms with Gasteiger partial charge in [-0.25, -0.2) is 0 Å². The van der Waals surface area contributed by atoms with Gasteiger partial charge in [0.25, 0.3) is 0 Å². The molecule has 1 N–H and O–H groups in total. The van der Waals surface area contributed by atoms with Crippen LogP contribution in [-0.4, -0.2) is 29.9 Å². The molecule has 0 aromatic heterocycles. The average molecular weight is 286 g/mol. The van der Waals surface area contributed by atoms with Gasteiger partial charge in [0.2, 0.25) is 0 Å². The Morgan fingerprint density at radius 1 is 0.810 bits per heavy atom. The maximum absolute atomic E-state index is 10.3. The monoisotopic (exact) mass is 286 g/mol. The number of allylic oxidation sites excluding steroid dienone is 6. The second kappa shape index (κ2) is 19.3. The molecule has 0 aliphatic rings. The van der Waals surface area contributed by atoms with Gasteiger partial charge in [-0.05, 0) is 44.9 Å². The minimum absolute atomic E-state index is 0. The summed E-state index contributed by atoms with van der Waals surface area (Å²) in [6.45, 7) is 2.23. The first-order valence-corrected chi connectivity index (χ1v) is 7.94. The molecule has 21 heavy (non-hydrogen) atoms. The van der Waals surface area contributed by atoms with Crippen molar-refractivity contribution in [3.8, 4) is 0 Å². The second-order valence-corrected chi connectivity index (χ2v) is 5.02. The molecule has 0 aromatic rings. The Bertz CT molecular complexity index is 306. The summed E-state index contributed by atoms with van der Waals surface area (Å²) in [6.07, 6.45) is 23.3. The van der Waals surface area contributed by atoms with Gasteiger partial charge in [-0.15, -0.1) is 0 Å². The van der Waals surface area contributed by atoms with E-state index in [9.17, 15) is 4.79 Å². The molecule has 0 fully saturated rings. The predicted molar refractivity (Wildman–Crippen MR) is 94.0 cm³/mol. The minimum atomic E-state index is -0.695. The number of carboxylic acids is 1. The SMILES string of the molecule is CCCCC/C=C\C/C=C\C/C=C\CCCCC(=O)O.[LiH]. The zero-order valence-corrected chi connectivity index (χ0v) is 12.9. The summed E-state index contributed by atoms with van der Waals surface area (Å²) in [5.41, 5.74) is 0. The average Bonchev–Trinajstić information content (AvgIpc) is 2.43. The molecule has 0 unspecified atom stereocenters. The summed E-state index contributed by atoms with van der Waals surface area (Å²) < 4.78 is 0. The van der Waals surface area contributed by atoms with Crippen molar-refractivity contribution in [2.45, 2.75) is 71.1 Å². The zero-order chi connectivity index (χ0) is 14.9. The molecule has 0 aliphatic carbocycles. The van der Waals surface area contributed by atoms with Crippen LogP contribution in [-0.2, 0) is 4.79 Å². The van der Waals surface area contributed by atoms with E-state index < -0.39 is 5.97 Å². The summed E-state index contributed by atoms with van der Waals surface area (Å²) in [4.78, 5) is 10.3. The van der Waals surface area contributed by atoms with Gasteiger partial charge < -0.3 is 5.11 Å². The second-order valence-electron chi connectivity index (χ2n) is 5.02. The fourth-order valence-corrected chi connectivity index (χ4v) is 1.83. The molecule has 3 heteroatoms. The van der Waals surface area contributed by atoms with Crippen molar-refractivity contribution < 1.29 is 9.90 Å². The number of rotatable bonds is 13. The van der Waals surface area contributed by atoms with Crippen LogP contribution in [0.3, 0.4) is 0 Å². The fraction of sp³-hybridized carbons (Fsp3) is 0.611. The maximum atomic E-state index is 10.3. The summed E-state index contributed by atoms with van der Waals surface area (Å²) in [5.74, 6) is -0.695. The van der Waals surface area contributed by atoms with Crippen molar-refractivity contribution in [2.75, 3.05) is 0 Å². The van der Waals surface area contributed by atoms with Gasteiger partial charge in [0.05, 0.1) is 0 Å². The molecule has 2 nitrogen and oxygen atoms in total. The molecular formula is C18H31LiO2. The van der Waals surface area contributed by atoms with Gasteiger partial charge in [0, 0.05) is 6.42 Å². The molecule has 116 valence electrons. The van der Waals surface area contributed by atoms with Crippen molar-refractivity contribution in [1.29, 1.82) is 0 Å². The molecule has 0 aliphatic heterocycles. The molecule has 0 heterocycles. The molecular weight excluding hydrogens is 255 g/mol. The molecule has 0 saturated heterocycles. The van der Waals surface area contributed by atoms with E-state index in [1.54, 1.807) is 0 Å². The summed E-state index contributed by atoms with van der Waals surface area (Å²) in [7, 11) is 0. The van der Waals surface area contributed by atoms with Gasteiger partial charge in [-0.1, -0.05) is 56.2 Å². The number of aliphatic carboxylic acids is 1. The third-order valence-corrected chi connectivity index (χ3v) is 3.03. The van der Waals surface area contributed by atoms with E-state index in [2.05, 4.69) is 43.4 Å². The molecule has 0 aromatic carbocycles. The third kappa shape index (κ3) is 21.7. The Kier molecular flexibility index (Phi) is 20.7. The molecule has 0 rings (SSSR count). The van der Waals surface area contributed by atoms with E-state index in [0.717, 1.165) is 32.1 Å². The number of carbonyl (C=O) groups is 1. The Balaban J connectivity index is 0. The number of hydrogen-bond acceptors (Lipinski definition) is 1. The van der Waals surface area contributed by atoms with E-state index in [-0.39, 0.29) is 18.9 Å².